The van der Waals surface area contributed by atoms with Gasteiger partial charge < -0.3 is 0 Å². The summed E-state index contributed by atoms with van der Waals surface area (Å²) in [5, 5.41) is 0. The van der Waals surface area contributed by atoms with Crippen molar-refractivity contribution >= 4 is 42.6 Å². The number of fused-ring (bicyclic) bond motifs is 2. The van der Waals surface area contributed by atoms with E-state index >= 15 is 0 Å². The van der Waals surface area contributed by atoms with Gasteiger partial charge in [0.2, 0.25) is 0 Å². The van der Waals surface area contributed by atoms with Crippen LogP contribution in [0.2, 0.25) is 4.82 Å². The van der Waals surface area contributed by atoms with Crippen LogP contribution in [-0.4, -0.2) is 21.1 Å². The van der Waals surface area contributed by atoms with Crippen molar-refractivity contribution in [2.24, 2.45) is 5.92 Å². The standard InChI is InChI=1S/C13H12Cl2OSe/c14-13(15)12-8-6-10(16-12)11(7-8)17-9-4-2-1-3-5-9/h1-5,8,10-11H,6-7H2/t8-,10+,11+/m0/s1. The second kappa shape index (κ2) is 4.85. The quantitative estimate of drug-likeness (QED) is 0.755. The Morgan fingerprint density at radius 2 is 1.94 bits per heavy atom. The van der Waals surface area contributed by atoms with Crippen LogP contribution in [0.1, 0.15) is 12.8 Å². The van der Waals surface area contributed by atoms with Crippen LogP contribution in [0.25, 0.3) is 0 Å². The molecule has 0 unspecified atom stereocenters. The number of allylic oxidation sites excluding steroid dienone is 1. The van der Waals surface area contributed by atoms with E-state index < -0.39 is 0 Å². The van der Waals surface area contributed by atoms with Crippen LogP contribution in [0, 0.1) is 5.92 Å². The molecule has 1 saturated carbocycles. The zero-order valence-electron chi connectivity index (χ0n) is 9.11. The molecule has 3 atom stereocenters. The van der Waals surface area contributed by atoms with Crippen molar-refractivity contribution in [2.75, 3.05) is 0 Å². The molecule has 1 heterocycles. The fourth-order valence-corrected chi connectivity index (χ4v) is 5.70. The maximum absolute atomic E-state index is 5.84. The minimum absolute atomic E-state index is 0.322. The molecule has 1 aliphatic carbocycles. The van der Waals surface area contributed by atoms with Gasteiger partial charge in [-0.2, -0.15) is 0 Å². The molecule has 4 heteroatoms. The third-order valence-corrected chi connectivity index (χ3v) is 6.50. The van der Waals surface area contributed by atoms with Gasteiger partial charge in [0.15, 0.2) is 0 Å². The Kier molecular flexibility index (Phi) is 3.40. The van der Waals surface area contributed by atoms with E-state index in [9.17, 15) is 0 Å². The predicted molar refractivity (Wildman–Crippen MR) is 71.9 cm³/mol. The van der Waals surface area contributed by atoms with E-state index in [-0.39, 0.29) is 0 Å². The average molecular weight is 334 g/mol. The second-order valence-electron chi connectivity index (χ2n) is 4.42. The SMILES string of the molecule is ClC(Cl)=C1O[C@@H]2C[C@H]1C[C@H]2[Se]c1ccccc1. The molecule has 90 valence electrons. The minimum atomic E-state index is 0.322. The fourth-order valence-electron chi connectivity index (χ4n) is 2.55. The van der Waals surface area contributed by atoms with Crippen LogP contribution in [0.15, 0.2) is 40.6 Å². The molecular weight excluding hydrogens is 322 g/mol. The van der Waals surface area contributed by atoms with E-state index in [0.29, 0.717) is 36.3 Å². The number of hydrogen-bond donors (Lipinski definition) is 0. The normalized spacial score (nSPS) is 30.5. The maximum atomic E-state index is 5.84. The topological polar surface area (TPSA) is 9.23 Å². The number of ether oxygens (including phenoxy) is 1. The van der Waals surface area contributed by atoms with E-state index in [4.69, 9.17) is 27.9 Å². The van der Waals surface area contributed by atoms with Gasteiger partial charge in [0.25, 0.3) is 0 Å². The molecule has 17 heavy (non-hydrogen) atoms. The van der Waals surface area contributed by atoms with E-state index in [2.05, 4.69) is 30.3 Å². The predicted octanol–water partition coefficient (Wildman–Crippen LogP) is 3.26. The number of hydrogen-bond acceptors (Lipinski definition) is 1. The summed E-state index contributed by atoms with van der Waals surface area (Å²) in [6, 6.07) is 10.7. The molecule has 0 radical (unpaired) electrons. The summed E-state index contributed by atoms with van der Waals surface area (Å²) in [6.45, 7) is 0. The first-order chi connectivity index (χ1) is 8.24. The van der Waals surface area contributed by atoms with Crippen LogP contribution in [0.4, 0.5) is 0 Å². The monoisotopic (exact) mass is 334 g/mol. The zero-order chi connectivity index (χ0) is 11.8. The van der Waals surface area contributed by atoms with Crippen LogP contribution < -0.4 is 4.46 Å². The summed E-state index contributed by atoms with van der Waals surface area (Å²) < 4.78 is 7.61. The molecule has 0 N–H and O–H groups in total. The zero-order valence-corrected chi connectivity index (χ0v) is 12.3. The summed E-state index contributed by atoms with van der Waals surface area (Å²) >= 11 is 12.1. The number of benzene rings is 1. The summed E-state index contributed by atoms with van der Waals surface area (Å²) in [7, 11) is 0. The summed E-state index contributed by atoms with van der Waals surface area (Å²) in [5.74, 6) is 1.29. The van der Waals surface area contributed by atoms with Gasteiger partial charge in [0.1, 0.15) is 0 Å². The Labute approximate surface area is 117 Å². The van der Waals surface area contributed by atoms with Gasteiger partial charge >= 0.3 is 118 Å². The van der Waals surface area contributed by atoms with E-state index in [1.807, 2.05) is 0 Å². The van der Waals surface area contributed by atoms with Crippen molar-refractivity contribution in [1.82, 2.24) is 0 Å². The summed E-state index contributed by atoms with van der Waals surface area (Å²) in [5.41, 5.74) is 0. The van der Waals surface area contributed by atoms with Crippen molar-refractivity contribution < 1.29 is 4.74 Å². The van der Waals surface area contributed by atoms with Crippen LogP contribution in [0.3, 0.4) is 0 Å². The van der Waals surface area contributed by atoms with E-state index in [1.54, 1.807) is 0 Å². The van der Waals surface area contributed by atoms with E-state index in [1.165, 1.54) is 10.9 Å². The van der Waals surface area contributed by atoms with Gasteiger partial charge in [-0.15, -0.1) is 0 Å². The molecule has 1 aromatic carbocycles. The number of halogens is 2. The molecule has 0 aromatic heterocycles. The molecular formula is C13H12Cl2OSe. The molecule has 1 nitrogen and oxygen atoms in total. The van der Waals surface area contributed by atoms with Gasteiger partial charge in [-0.1, -0.05) is 0 Å². The van der Waals surface area contributed by atoms with Crippen molar-refractivity contribution in [3.8, 4) is 0 Å². The van der Waals surface area contributed by atoms with Crippen LogP contribution >= 0.6 is 23.2 Å². The first-order valence-corrected chi connectivity index (χ1v) is 8.27. The average Bonchev–Trinajstić information content (AvgIpc) is 2.89. The third kappa shape index (κ3) is 2.37. The van der Waals surface area contributed by atoms with Gasteiger partial charge in [-0.05, 0) is 0 Å². The molecule has 3 rings (SSSR count). The fraction of sp³-hybridized carbons (Fsp3) is 0.385. The molecule has 2 aliphatic rings. The first kappa shape index (κ1) is 11.9. The molecule has 2 bridgehead atoms. The van der Waals surface area contributed by atoms with E-state index in [0.717, 1.165) is 12.2 Å². The molecule has 1 aromatic rings. The Morgan fingerprint density at radius 1 is 1.18 bits per heavy atom. The molecule has 1 saturated heterocycles. The van der Waals surface area contributed by atoms with Gasteiger partial charge in [-0.3, -0.25) is 0 Å². The summed E-state index contributed by atoms with van der Waals surface area (Å²) in [6.07, 6.45) is 2.61. The van der Waals surface area contributed by atoms with Crippen molar-refractivity contribution in [3.05, 3.63) is 40.6 Å². The molecule has 0 spiro atoms. The van der Waals surface area contributed by atoms with Crippen molar-refractivity contribution in [2.45, 2.75) is 23.8 Å². The Morgan fingerprint density at radius 3 is 2.53 bits per heavy atom. The molecule has 2 fully saturated rings. The van der Waals surface area contributed by atoms with Crippen molar-refractivity contribution in [1.29, 1.82) is 0 Å². The Hall–Kier alpha value is -0.141. The van der Waals surface area contributed by atoms with Crippen LogP contribution in [0.5, 0.6) is 0 Å². The summed E-state index contributed by atoms with van der Waals surface area (Å²) in [4.78, 5) is 0.673. The van der Waals surface area contributed by atoms with Crippen molar-refractivity contribution in [3.63, 3.8) is 0 Å². The first-order valence-electron chi connectivity index (χ1n) is 5.67. The van der Waals surface area contributed by atoms with Gasteiger partial charge in [-0.25, -0.2) is 0 Å². The Bertz CT molecular complexity index is 442. The number of rotatable bonds is 2. The third-order valence-electron chi connectivity index (χ3n) is 3.31. The molecule has 0 amide bonds. The van der Waals surface area contributed by atoms with Crippen LogP contribution in [-0.2, 0) is 4.74 Å². The van der Waals surface area contributed by atoms with Gasteiger partial charge in [0, 0.05) is 0 Å². The molecule has 1 aliphatic heterocycles. The second-order valence-corrected chi connectivity index (χ2v) is 8.12. The van der Waals surface area contributed by atoms with Gasteiger partial charge in [0.05, 0.1) is 0 Å². The Balaban J connectivity index is 1.69.